The van der Waals surface area contributed by atoms with E-state index in [0.29, 0.717) is 6.54 Å². The van der Waals surface area contributed by atoms with Crippen molar-refractivity contribution < 1.29 is 9.90 Å². The number of nitrogens with zero attached hydrogens (tertiary/aromatic N) is 2. The maximum atomic E-state index is 10.6. The molecule has 0 saturated carbocycles. The van der Waals surface area contributed by atoms with Crippen molar-refractivity contribution in [3.05, 3.63) is 54.4 Å². The minimum Gasteiger partial charge on any atom is -0.480 e. The monoisotopic (exact) mass is 255 g/mol. The summed E-state index contributed by atoms with van der Waals surface area (Å²) in [6.07, 6.45) is 3.41. The molecule has 1 aromatic heterocycles. The number of benzene rings is 1. The highest BCUT2D eigenvalue weighted by Crippen LogP contribution is 2.19. The number of carboxylic acid groups (broad SMARTS) is 1. The first-order valence-electron chi connectivity index (χ1n) is 5.96. The van der Waals surface area contributed by atoms with E-state index < -0.39 is 5.97 Å². The predicted octanol–water partition coefficient (Wildman–Crippen LogP) is 2.07. The molecule has 1 aromatic carbocycles. The highest BCUT2D eigenvalue weighted by molar-refractivity contribution is 5.69. The van der Waals surface area contributed by atoms with Crippen molar-refractivity contribution >= 4 is 5.97 Å². The van der Waals surface area contributed by atoms with Gasteiger partial charge in [0.1, 0.15) is 0 Å². The first kappa shape index (κ1) is 13.2. The highest BCUT2D eigenvalue weighted by Gasteiger charge is 2.06. The molecule has 4 heteroatoms. The normalized spacial score (nSPS) is 10.6. The van der Waals surface area contributed by atoms with Crippen LogP contribution in [0.3, 0.4) is 0 Å². The number of pyridine rings is 1. The Kier molecular flexibility index (Phi) is 4.26. The Bertz CT molecular complexity index is 555. The second-order valence-corrected chi connectivity index (χ2v) is 4.44. The molecule has 97 valence electrons. The Morgan fingerprint density at radius 3 is 2.95 bits per heavy atom. The first-order chi connectivity index (χ1) is 9.15. The number of carbonyl (C=O) groups is 1. The first-order valence-corrected chi connectivity index (χ1v) is 5.96. The molecule has 0 fully saturated rings. The van der Waals surface area contributed by atoms with E-state index in [1.165, 1.54) is 0 Å². The van der Waals surface area contributed by atoms with Gasteiger partial charge in [0.2, 0.25) is 0 Å². The molecule has 2 rings (SSSR count). The lowest BCUT2D eigenvalue weighted by Crippen LogP contribution is -2.25. The van der Waals surface area contributed by atoms with Gasteiger partial charge in [-0.25, -0.2) is 0 Å². The molecule has 1 heterocycles. The summed E-state index contributed by atoms with van der Waals surface area (Å²) in [5.74, 6) is -0.819. The summed E-state index contributed by atoms with van der Waals surface area (Å²) in [6, 6.07) is 12.8. The van der Waals surface area contributed by atoms with Crippen molar-refractivity contribution in [3.8, 4) is 11.1 Å². The number of aliphatic carboxylic acids is 1. The van der Waals surface area contributed by atoms with Crippen LogP contribution in [0.25, 0.3) is 11.1 Å². The van der Waals surface area contributed by atoms with Gasteiger partial charge in [-0.2, -0.15) is 0 Å². The van der Waals surface area contributed by atoms with Crippen molar-refractivity contribution in [2.75, 3.05) is 13.6 Å². The number of carboxylic acids is 1. The van der Waals surface area contributed by atoms with Crippen LogP contribution in [0.5, 0.6) is 0 Å². The predicted molar refractivity (Wildman–Crippen MR) is 72.5 cm³/mol. The molecule has 1 N–H and O–H groups in total. The Hall–Kier alpha value is -2.20. The summed E-state index contributed by atoms with van der Waals surface area (Å²) in [5, 5.41) is 8.74. The zero-order valence-corrected chi connectivity index (χ0v) is 10.7. The van der Waals surface area contributed by atoms with Crippen molar-refractivity contribution in [2.45, 2.75) is 6.54 Å². The van der Waals surface area contributed by atoms with Crippen LogP contribution < -0.4 is 0 Å². The molecule has 4 nitrogen and oxygen atoms in total. The summed E-state index contributed by atoms with van der Waals surface area (Å²) in [4.78, 5) is 16.4. The van der Waals surface area contributed by atoms with Gasteiger partial charge in [-0.3, -0.25) is 14.7 Å². The molecule has 0 aliphatic rings. The van der Waals surface area contributed by atoms with Gasteiger partial charge in [-0.15, -0.1) is 0 Å². The van der Waals surface area contributed by atoms with Crippen molar-refractivity contribution in [1.82, 2.24) is 9.88 Å². The fourth-order valence-corrected chi connectivity index (χ4v) is 1.93. The Labute approximate surface area is 112 Å². The number of hydrogen-bond acceptors (Lipinski definition) is 3. The zero-order chi connectivity index (χ0) is 13.7. The van der Waals surface area contributed by atoms with E-state index in [1.807, 2.05) is 30.3 Å². The minimum absolute atomic E-state index is 0.0326. The third kappa shape index (κ3) is 3.89. The van der Waals surface area contributed by atoms with Crippen LogP contribution in [-0.2, 0) is 11.3 Å². The van der Waals surface area contributed by atoms with Gasteiger partial charge in [-0.1, -0.05) is 18.2 Å². The fraction of sp³-hybridized carbons (Fsp3) is 0.200. The Morgan fingerprint density at radius 1 is 1.42 bits per heavy atom. The van der Waals surface area contributed by atoms with Crippen molar-refractivity contribution in [3.63, 3.8) is 0 Å². The van der Waals surface area contributed by atoms with Crippen LogP contribution in [0.2, 0.25) is 0 Å². The molecule has 0 aliphatic heterocycles. The van der Waals surface area contributed by atoms with Gasteiger partial charge >= 0.3 is 5.97 Å². The van der Waals surface area contributed by atoms with Crippen LogP contribution >= 0.6 is 0 Å². The molecular formula is C15H15N2O2. The number of rotatable bonds is 5. The standard InChI is InChI=1S/C15H15N2O2/c1-17(11-15(18)19)10-12-4-2-5-13(8-12)14-6-3-7-16-9-14/h2,4-9H,10-11H2,1H3,(H,18,19). The highest BCUT2D eigenvalue weighted by atomic mass is 16.4. The van der Waals surface area contributed by atoms with Crippen molar-refractivity contribution in [2.24, 2.45) is 0 Å². The maximum absolute atomic E-state index is 10.6. The minimum atomic E-state index is -0.819. The molecule has 0 atom stereocenters. The lowest BCUT2D eigenvalue weighted by atomic mass is 10.0. The van der Waals surface area contributed by atoms with E-state index in [9.17, 15) is 4.79 Å². The summed E-state index contributed by atoms with van der Waals surface area (Å²) in [6.45, 7) is 0.634. The molecule has 0 amide bonds. The van der Waals surface area contributed by atoms with E-state index in [-0.39, 0.29) is 6.54 Å². The average Bonchev–Trinajstić information content (AvgIpc) is 2.39. The zero-order valence-electron chi connectivity index (χ0n) is 10.7. The van der Waals surface area contributed by atoms with E-state index in [2.05, 4.69) is 11.1 Å². The van der Waals surface area contributed by atoms with Crippen LogP contribution in [-0.4, -0.2) is 34.6 Å². The Morgan fingerprint density at radius 2 is 2.26 bits per heavy atom. The molecule has 0 bridgehead atoms. The Balaban J connectivity index is 2.14. The molecule has 0 aliphatic carbocycles. The number of aromatic nitrogens is 1. The quantitative estimate of drug-likeness (QED) is 0.888. The van der Waals surface area contributed by atoms with Gasteiger partial charge in [0.15, 0.2) is 0 Å². The summed E-state index contributed by atoms with van der Waals surface area (Å²) >= 11 is 0. The van der Waals surface area contributed by atoms with Crippen LogP contribution in [0.4, 0.5) is 0 Å². The maximum Gasteiger partial charge on any atom is 0.317 e. The van der Waals surface area contributed by atoms with Crippen LogP contribution in [0.1, 0.15) is 5.56 Å². The molecule has 2 aromatic rings. The van der Waals surface area contributed by atoms with Gasteiger partial charge < -0.3 is 5.11 Å². The molecule has 0 spiro atoms. The average molecular weight is 255 g/mol. The third-order valence-electron chi connectivity index (χ3n) is 2.72. The van der Waals surface area contributed by atoms with E-state index in [4.69, 9.17) is 5.11 Å². The van der Waals surface area contributed by atoms with E-state index in [0.717, 1.165) is 16.7 Å². The molecular weight excluding hydrogens is 240 g/mol. The second kappa shape index (κ2) is 6.11. The van der Waals surface area contributed by atoms with Gasteiger partial charge in [0, 0.05) is 30.6 Å². The lowest BCUT2D eigenvalue weighted by molar-refractivity contribution is -0.138. The molecule has 0 unspecified atom stereocenters. The molecule has 0 saturated heterocycles. The van der Waals surface area contributed by atoms with Gasteiger partial charge in [0.25, 0.3) is 0 Å². The van der Waals surface area contributed by atoms with Crippen LogP contribution in [0, 0.1) is 6.07 Å². The SMILES string of the molecule is CN(CC(=O)O)Cc1cccc(-c2c[c]cnc2)c1. The van der Waals surface area contributed by atoms with E-state index in [1.54, 1.807) is 24.3 Å². The smallest absolute Gasteiger partial charge is 0.317 e. The number of likely N-dealkylation sites (N-methyl/N-ethyl adjacent to an activating group) is 1. The second-order valence-electron chi connectivity index (χ2n) is 4.44. The van der Waals surface area contributed by atoms with Crippen LogP contribution in [0.15, 0.2) is 42.7 Å². The molecule has 19 heavy (non-hydrogen) atoms. The largest absolute Gasteiger partial charge is 0.480 e. The third-order valence-corrected chi connectivity index (χ3v) is 2.72. The van der Waals surface area contributed by atoms with Gasteiger partial charge in [-0.05, 0) is 30.3 Å². The van der Waals surface area contributed by atoms with Crippen molar-refractivity contribution in [1.29, 1.82) is 0 Å². The summed E-state index contributed by atoms with van der Waals surface area (Å²) in [7, 11) is 1.79. The lowest BCUT2D eigenvalue weighted by Gasteiger charge is -2.14. The summed E-state index contributed by atoms with van der Waals surface area (Å²) in [5.41, 5.74) is 3.14. The molecule has 1 radical (unpaired) electrons. The number of hydrogen-bond donors (Lipinski definition) is 1. The topological polar surface area (TPSA) is 53.4 Å². The summed E-state index contributed by atoms with van der Waals surface area (Å²) < 4.78 is 0. The van der Waals surface area contributed by atoms with E-state index >= 15 is 0 Å². The van der Waals surface area contributed by atoms with Gasteiger partial charge in [0.05, 0.1) is 6.54 Å². The fourth-order valence-electron chi connectivity index (χ4n) is 1.93.